The molecule has 0 aromatic heterocycles. The van der Waals surface area contributed by atoms with Gasteiger partial charge in [0.2, 0.25) is 0 Å². The number of halogens is 1. The number of rotatable bonds is 6. The minimum Gasteiger partial charge on any atom is -0.486 e. The van der Waals surface area contributed by atoms with E-state index >= 15 is 0 Å². The first-order chi connectivity index (χ1) is 9.70. The molecule has 0 spiro atoms. The molecule has 0 aliphatic heterocycles. The van der Waals surface area contributed by atoms with Crippen molar-refractivity contribution >= 4 is 0 Å². The summed E-state index contributed by atoms with van der Waals surface area (Å²) in [5.41, 5.74) is 8.30. The van der Waals surface area contributed by atoms with Crippen molar-refractivity contribution in [2.24, 2.45) is 5.73 Å². The number of hydrogen-bond donors (Lipinski definition) is 1. The summed E-state index contributed by atoms with van der Waals surface area (Å²) in [6.45, 7) is 2.86. The Morgan fingerprint density at radius 3 is 2.50 bits per heavy atom. The van der Waals surface area contributed by atoms with Crippen molar-refractivity contribution in [3.63, 3.8) is 0 Å². The van der Waals surface area contributed by atoms with Crippen LogP contribution in [0.15, 0.2) is 42.5 Å². The molecule has 2 aromatic rings. The summed E-state index contributed by atoms with van der Waals surface area (Å²) in [4.78, 5) is 0. The summed E-state index contributed by atoms with van der Waals surface area (Å²) in [5.74, 6) is 0.0401. The Morgan fingerprint density at radius 1 is 1.10 bits per heavy atom. The molecule has 2 N–H and O–H groups in total. The van der Waals surface area contributed by atoms with Crippen LogP contribution in [0.1, 0.15) is 23.1 Å². The second-order valence-electron chi connectivity index (χ2n) is 4.89. The third kappa shape index (κ3) is 3.81. The molecule has 106 valence electrons. The van der Waals surface area contributed by atoms with E-state index in [4.69, 9.17) is 10.5 Å². The van der Waals surface area contributed by atoms with Gasteiger partial charge >= 0.3 is 0 Å². The van der Waals surface area contributed by atoms with Gasteiger partial charge < -0.3 is 10.5 Å². The quantitative estimate of drug-likeness (QED) is 0.872. The highest BCUT2D eigenvalue weighted by molar-refractivity contribution is 5.38. The number of aryl methyl sites for hydroxylation is 2. The minimum atomic E-state index is -0.298. The van der Waals surface area contributed by atoms with Crippen LogP contribution in [0.5, 0.6) is 5.75 Å². The Hall–Kier alpha value is -1.87. The topological polar surface area (TPSA) is 35.2 Å². The normalized spacial score (nSPS) is 10.6. The molecule has 0 radical (unpaired) electrons. The molecular weight excluding hydrogens is 253 g/mol. The average molecular weight is 273 g/mol. The summed E-state index contributed by atoms with van der Waals surface area (Å²) >= 11 is 0. The van der Waals surface area contributed by atoms with Gasteiger partial charge in [0.15, 0.2) is 11.6 Å². The summed E-state index contributed by atoms with van der Waals surface area (Å²) in [6, 6.07) is 13.3. The lowest BCUT2D eigenvalue weighted by Gasteiger charge is -2.12. The SMILES string of the molecule is Cc1cc(CCCN)cc(F)c1OCc1ccccc1. The zero-order chi connectivity index (χ0) is 14.4. The average Bonchev–Trinajstić information content (AvgIpc) is 2.45. The summed E-state index contributed by atoms with van der Waals surface area (Å²) in [5, 5.41) is 0. The second kappa shape index (κ2) is 7.06. The molecule has 2 aromatic carbocycles. The Labute approximate surface area is 119 Å². The Morgan fingerprint density at radius 2 is 1.85 bits per heavy atom. The number of ether oxygens (including phenoxy) is 1. The van der Waals surface area contributed by atoms with Gasteiger partial charge in [0, 0.05) is 0 Å². The zero-order valence-electron chi connectivity index (χ0n) is 11.7. The fourth-order valence-electron chi connectivity index (χ4n) is 2.17. The van der Waals surface area contributed by atoms with E-state index in [0.29, 0.717) is 18.9 Å². The smallest absolute Gasteiger partial charge is 0.165 e. The summed E-state index contributed by atoms with van der Waals surface area (Å²) in [7, 11) is 0. The first kappa shape index (κ1) is 14.5. The van der Waals surface area contributed by atoms with Crippen LogP contribution in [-0.2, 0) is 13.0 Å². The molecule has 0 unspecified atom stereocenters. The molecule has 0 bridgehead atoms. The Kier molecular flexibility index (Phi) is 5.13. The van der Waals surface area contributed by atoms with Crippen LogP contribution in [0.25, 0.3) is 0 Å². The molecule has 0 aliphatic rings. The molecule has 0 atom stereocenters. The molecule has 2 nitrogen and oxygen atoms in total. The van der Waals surface area contributed by atoms with E-state index in [1.54, 1.807) is 6.07 Å². The van der Waals surface area contributed by atoms with Crippen molar-refractivity contribution in [1.29, 1.82) is 0 Å². The first-order valence-electron chi connectivity index (χ1n) is 6.86. The van der Waals surface area contributed by atoms with E-state index in [2.05, 4.69) is 0 Å². The maximum Gasteiger partial charge on any atom is 0.165 e. The third-order valence-corrected chi connectivity index (χ3v) is 3.18. The molecular formula is C17H20FNO. The van der Waals surface area contributed by atoms with Gasteiger partial charge in [-0.25, -0.2) is 4.39 Å². The van der Waals surface area contributed by atoms with Crippen molar-refractivity contribution in [3.05, 3.63) is 65.0 Å². The Bertz CT molecular complexity index is 531. The van der Waals surface area contributed by atoms with Gasteiger partial charge in [-0.2, -0.15) is 0 Å². The largest absolute Gasteiger partial charge is 0.486 e. The summed E-state index contributed by atoms with van der Waals surface area (Å²) in [6.07, 6.45) is 1.66. The number of nitrogens with two attached hydrogens (primary N) is 1. The molecule has 0 saturated heterocycles. The highest BCUT2D eigenvalue weighted by atomic mass is 19.1. The number of benzene rings is 2. The monoisotopic (exact) mass is 273 g/mol. The van der Waals surface area contributed by atoms with Crippen LogP contribution in [0.3, 0.4) is 0 Å². The fourth-order valence-corrected chi connectivity index (χ4v) is 2.17. The van der Waals surface area contributed by atoms with Crippen LogP contribution in [0.2, 0.25) is 0 Å². The molecule has 0 amide bonds. The van der Waals surface area contributed by atoms with Crippen LogP contribution in [0.4, 0.5) is 4.39 Å². The van der Waals surface area contributed by atoms with Gasteiger partial charge in [0.25, 0.3) is 0 Å². The van der Waals surface area contributed by atoms with Gasteiger partial charge in [-0.1, -0.05) is 36.4 Å². The molecule has 0 aliphatic carbocycles. The zero-order valence-corrected chi connectivity index (χ0v) is 11.7. The maximum absolute atomic E-state index is 14.1. The Balaban J connectivity index is 2.08. The van der Waals surface area contributed by atoms with E-state index in [9.17, 15) is 4.39 Å². The third-order valence-electron chi connectivity index (χ3n) is 3.18. The lowest BCUT2D eigenvalue weighted by molar-refractivity contribution is 0.288. The minimum absolute atomic E-state index is 0.298. The molecule has 0 fully saturated rings. The van der Waals surface area contributed by atoms with Crippen molar-refractivity contribution in [3.8, 4) is 5.75 Å². The second-order valence-corrected chi connectivity index (χ2v) is 4.89. The standard InChI is InChI=1S/C17H20FNO/c1-13-10-15(8-5-9-19)11-16(18)17(13)20-12-14-6-3-2-4-7-14/h2-4,6-7,10-11H,5,8-9,12,19H2,1H3. The molecule has 0 heterocycles. The van der Waals surface area contributed by atoms with Gasteiger partial charge in [0.05, 0.1) is 0 Å². The van der Waals surface area contributed by atoms with Gasteiger partial charge in [-0.05, 0) is 49.1 Å². The van der Waals surface area contributed by atoms with Crippen LogP contribution >= 0.6 is 0 Å². The van der Waals surface area contributed by atoms with Gasteiger partial charge in [-0.15, -0.1) is 0 Å². The van der Waals surface area contributed by atoms with Crippen molar-refractivity contribution in [2.75, 3.05) is 6.54 Å². The van der Waals surface area contributed by atoms with Crippen LogP contribution < -0.4 is 10.5 Å². The van der Waals surface area contributed by atoms with E-state index in [0.717, 1.165) is 29.5 Å². The predicted molar refractivity (Wildman–Crippen MR) is 79.3 cm³/mol. The highest BCUT2D eigenvalue weighted by Gasteiger charge is 2.09. The van der Waals surface area contributed by atoms with Crippen molar-refractivity contribution in [2.45, 2.75) is 26.4 Å². The van der Waals surface area contributed by atoms with Gasteiger partial charge in [0.1, 0.15) is 6.61 Å². The van der Waals surface area contributed by atoms with E-state index in [-0.39, 0.29) is 5.82 Å². The highest BCUT2D eigenvalue weighted by Crippen LogP contribution is 2.25. The van der Waals surface area contributed by atoms with Crippen LogP contribution in [-0.4, -0.2) is 6.54 Å². The maximum atomic E-state index is 14.1. The fraction of sp³-hybridized carbons (Fsp3) is 0.294. The lowest BCUT2D eigenvalue weighted by Crippen LogP contribution is -2.03. The molecule has 3 heteroatoms. The van der Waals surface area contributed by atoms with Crippen LogP contribution in [0, 0.1) is 12.7 Å². The van der Waals surface area contributed by atoms with E-state index in [1.807, 2.05) is 43.3 Å². The molecule has 0 saturated carbocycles. The van der Waals surface area contributed by atoms with E-state index < -0.39 is 0 Å². The summed E-state index contributed by atoms with van der Waals surface area (Å²) < 4.78 is 19.7. The number of hydrogen-bond acceptors (Lipinski definition) is 2. The first-order valence-corrected chi connectivity index (χ1v) is 6.86. The predicted octanol–water partition coefficient (Wildman–Crippen LogP) is 3.60. The van der Waals surface area contributed by atoms with E-state index in [1.165, 1.54) is 0 Å². The van der Waals surface area contributed by atoms with Crippen molar-refractivity contribution < 1.29 is 9.13 Å². The molecule has 2 rings (SSSR count). The molecule has 20 heavy (non-hydrogen) atoms. The lowest BCUT2D eigenvalue weighted by atomic mass is 10.1. The van der Waals surface area contributed by atoms with Crippen molar-refractivity contribution in [1.82, 2.24) is 0 Å². The van der Waals surface area contributed by atoms with Gasteiger partial charge in [-0.3, -0.25) is 0 Å².